The highest BCUT2D eigenvalue weighted by Crippen LogP contribution is 2.20. The third kappa shape index (κ3) is 11.6. The van der Waals surface area contributed by atoms with Crippen molar-refractivity contribution in [3.63, 3.8) is 0 Å². The Balaban J connectivity index is 1.44. The fourth-order valence-electron chi connectivity index (χ4n) is 4.56. The van der Waals surface area contributed by atoms with E-state index in [9.17, 15) is 0 Å². The molecule has 0 saturated heterocycles. The van der Waals surface area contributed by atoms with Gasteiger partial charge in [-0.2, -0.15) is 0 Å². The van der Waals surface area contributed by atoms with Gasteiger partial charge in [-0.25, -0.2) is 4.98 Å². The Bertz CT molecular complexity index is 646. The van der Waals surface area contributed by atoms with E-state index in [1.807, 2.05) is 6.20 Å². The molecule has 1 heterocycles. The molecule has 0 amide bonds. The monoisotopic (exact) mass is 424 g/mol. The summed E-state index contributed by atoms with van der Waals surface area (Å²) in [5.74, 6) is 1.75. The van der Waals surface area contributed by atoms with Crippen LogP contribution >= 0.6 is 0 Å². The lowest BCUT2D eigenvalue weighted by Gasteiger charge is -2.13. The van der Waals surface area contributed by atoms with E-state index in [2.05, 4.69) is 59.9 Å². The van der Waals surface area contributed by atoms with Crippen molar-refractivity contribution in [1.29, 1.82) is 0 Å². The van der Waals surface area contributed by atoms with Crippen LogP contribution in [0.1, 0.15) is 127 Å². The molecule has 2 rings (SSSR count). The first-order chi connectivity index (χ1) is 15.3. The minimum atomic E-state index is 0.517. The van der Waals surface area contributed by atoms with E-state index in [0.29, 0.717) is 5.92 Å². The Kier molecular flexibility index (Phi) is 14.1. The molecule has 0 spiro atoms. The third-order valence-electron chi connectivity index (χ3n) is 6.66. The quantitative estimate of drug-likeness (QED) is 0.206. The SMILES string of the molecule is CCCCCCCCCCCCCCCCCn1ccnc1CC(C)c1ccccc1. The molecule has 0 aliphatic carbocycles. The Morgan fingerprint density at radius 3 is 1.77 bits per heavy atom. The smallest absolute Gasteiger partial charge is 0.109 e. The molecule has 0 N–H and O–H groups in total. The Morgan fingerprint density at radius 2 is 1.23 bits per heavy atom. The largest absolute Gasteiger partial charge is 0.335 e. The molecule has 0 fully saturated rings. The lowest BCUT2D eigenvalue weighted by atomic mass is 9.97. The summed E-state index contributed by atoms with van der Waals surface area (Å²) < 4.78 is 2.38. The lowest BCUT2D eigenvalue weighted by Crippen LogP contribution is -2.07. The number of aryl methyl sites for hydroxylation is 1. The standard InChI is InChI=1S/C29H48N2/c1-3-4-5-6-7-8-9-10-11-12-13-14-15-16-20-24-31-25-23-30-29(31)26-27(2)28-21-18-17-19-22-28/h17-19,21-23,25,27H,3-16,20,24,26H2,1-2H3. The van der Waals surface area contributed by atoms with Gasteiger partial charge in [-0.05, 0) is 17.9 Å². The number of unbranched alkanes of at least 4 members (excludes halogenated alkanes) is 14. The molecule has 1 aromatic heterocycles. The fourth-order valence-corrected chi connectivity index (χ4v) is 4.56. The molecule has 2 nitrogen and oxygen atoms in total. The Labute approximate surface area is 192 Å². The molecule has 2 aromatic rings. The van der Waals surface area contributed by atoms with Gasteiger partial charge >= 0.3 is 0 Å². The summed E-state index contributed by atoms with van der Waals surface area (Å²) in [5.41, 5.74) is 1.41. The summed E-state index contributed by atoms with van der Waals surface area (Å²) in [6.45, 7) is 5.72. The number of benzene rings is 1. The van der Waals surface area contributed by atoms with Gasteiger partial charge in [0.05, 0.1) is 0 Å². The first-order valence-electron chi connectivity index (χ1n) is 13.4. The van der Waals surface area contributed by atoms with Crippen molar-refractivity contribution in [3.8, 4) is 0 Å². The van der Waals surface area contributed by atoms with Crippen LogP contribution in [0.5, 0.6) is 0 Å². The summed E-state index contributed by atoms with van der Waals surface area (Å²) in [4.78, 5) is 4.63. The zero-order chi connectivity index (χ0) is 22.0. The predicted octanol–water partition coefficient (Wildman–Crippen LogP) is 9.10. The number of hydrogen-bond acceptors (Lipinski definition) is 1. The van der Waals surface area contributed by atoms with Crippen LogP contribution < -0.4 is 0 Å². The molecule has 0 bridgehead atoms. The topological polar surface area (TPSA) is 17.8 Å². The Morgan fingerprint density at radius 1 is 0.710 bits per heavy atom. The molecule has 1 aromatic carbocycles. The van der Waals surface area contributed by atoms with Crippen LogP contribution in [-0.4, -0.2) is 9.55 Å². The molecular formula is C29H48N2. The third-order valence-corrected chi connectivity index (χ3v) is 6.66. The maximum Gasteiger partial charge on any atom is 0.109 e. The van der Waals surface area contributed by atoms with Crippen LogP contribution in [0.25, 0.3) is 0 Å². The van der Waals surface area contributed by atoms with Crippen molar-refractivity contribution >= 4 is 0 Å². The van der Waals surface area contributed by atoms with Crippen LogP contribution in [0.2, 0.25) is 0 Å². The summed E-state index contributed by atoms with van der Waals surface area (Å²) in [5, 5.41) is 0. The molecule has 31 heavy (non-hydrogen) atoms. The molecule has 0 radical (unpaired) electrons. The van der Waals surface area contributed by atoms with E-state index in [0.717, 1.165) is 13.0 Å². The van der Waals surface area contributed by atoms with Gasteiger partial charge in [0.2, 0.25) is 0 Å². The summed E-state index contributed by atoms with van der Waals surface area (Å²) in [6, 6.07) is 10.8. The number of imidazole rings is 1. The molecule has 1 unspecified atom stereocenters. The van der Waals surface area contributed by atoms with E-state index in [4.69, 9.17) is 0 Å². The number of hydrogen-bond donors (Lipinski definition) is 0. The summed E-state index contributed by atoms with van der Waals surface area (Å²) in [7, 11) is 0. The van der Waals surface area contributed by atoms with E-state index in [1.54, 1.807) is 0 Å². The molecule has 0 aliphatic heterocycles. The van der Waals surface area contributed by atoms with Crippen molar-refractivity contribution in [1.82, 2.24) is 9.55 Å². The van der Waals surface area contributed by atoms with Crippen molar-refractivity contribution < 1.29 is 0 Å². The molecule has 2 heteroatoms. The lowest BCUT2D eigenvalue weighted by molar-refractivity contribution is 0.516. The first kappa shape index (κ1) is 25.7. The maximum absolute atomic E-state index is 4.63. The minimum absolute atomic E-state index is 0.517. The molecule has 174 valence electrons. The number of aromatic nitrogens is 2. The normalized spacial score (nSPS) is 12.3. The second-order valence-electron chi connectivity index (χ2n) is 9.50. The van der Waals surface area contributed by atoms with Crippen LogP contribution in [-0.2, 0) is 13.0 Å². The number of rotatable bonds is 19. The van der Waals surface area contributed by atoms with Crippen molar-refractivity contribution in [2.45, 2.75) is 129 Å². The van der Waals surface area contributed by atoms with Crippen molar-refractivity contribution in [2.75, 3.05) is 0 Å². The number of nitrogens with zero attached hydrogens (tertiary/aromatic N) is 2. The van der Waals surface area contributed by atoms with Crippen LogP contribution in [0, 0.1) is 0 Å². The zero-order valence-electron chi connectivity index (χ0n) is 20.5. The van der Waals surface area contributed by atoms with Gasteiger partial charge in [-0.1, -0.05) is 134 Å². The van der Waals surface area contributed by atoms with E-state index in [1.165, 1.54) is 108 Å². The van der Waals surface area contributed by atoms with Gasteiger partial charge in [0.1, 0.15) is 5.82 Å². The predicted molar refractivity (Wildman–Crippen MR) is 136 cm³/mol. The van der Waals surface area contributed by atoms with Crippen molar-refractivity contribution in [3.05, 3.63) is 54.1 Å². The van der Waals surface area contributed by atoms with Gasteiger partial charge in [-0.15, -0.1) is 0 Å². The minimum Gasteiger partial charge on any atom is -0.335 e. The van der Waals surface area contributed by atoms with E-state index < -0.39 is 0 Å². The second kappa shape index (κ2) is 17.0. The van der Waals surface area contributed by atoms with Crippen LogP contribution in [0.15, 0.2) is 42.7 Å². The Hall–Kier alpha value is -1.57. The summed E-state index contributed by atoms with van der Waals surface area (Å²) >= 11 is 0. The summed E-state index contributed by atoms with van der Waals surface area (Å²) in [6.07, 6.45) is 26.5. The average molecular weight is 425 g/mol. The molecule has 0 saturated carbocycles. The highest BCUT2D eigenvalue weighted by molar-refractivity contribution is 5.20. The van der Waals surface area contributed by atoms with Crippen molar-refractivity contribution in [2.24, 2.45) is 0 Å². The maximum atomic E-state index is 4.63. The van der Waals surface area contributed by atoms with Gasteiger partial charge < -0.3 is 4.57 Å². The molecule has 0 aliphatic rings. The van der Waals surface area contributed by atoms with E-state index in [-0.39, 0.29) is 0 Å². The fraction of sp³-hybridized carbons (Fsp3) is 0.690. The van der Waals surface area contributed by atoms with Crippen LogP contribution in [0.3, 0.4) is 0 Å². The highest BCUT2D eigenvalue weighted by atomic mass is 15.1. The highest BCUT2D eigenvalue weighted by Gasteiger charge is 2.10. The second-order valence-corrected chi connectivity index (χ2v) is 9.50. The van der Waals surface area contributed by atoms with E-state index >= 15 is 0 Å². The van der Waals surface area contributed by atoms with Crippen LogP contribution in [0.4, 0.5) is 0 Å². The first-order valence-corrected chi connectivity index (χ1v) is 13.4. The van der Waals surface area contributed by atoms with Gasteiger partial charge in [0.15, 0.2) is 0 Å². The molecule has 1 atom stereocenters. The molecular weight excluding hydrogens is 376 g/mol. The zero-order valence-corrected chi connectivity index (χ0v) is 20.5. The van der Waals surface area contributed by atoms with Gasteiger partial charge in [0, 0.05) is 25.4 Å². The van der Waals surface area contributed by atoms with Gasteiger partial charge in [-0.3, -0.25) is 0 Å². The van der Waals surface area contributed by atoms with Gasteiger partial charge in [0.25, 0.3) is 0 Å². The average Bonchev–Trinajstić information content (AvgIpc) is 3.23.